The van der Waals surface area contributed by atoms with Crippen LogP contribution in [0.1, 0.15) is 16.1 Å². The SMILES string of the molecule is Cc1cc(NC(=O)c2ccc(-n3nncc3-c3ccccc3)cc2)no1. The Balaban J connectivity index is 1.57. The second kappa shape index (κ2) is 6.64. The van der Waals surface area contributed by atoms with E-state index in [4.69, 9.17) is 4.52 Å². The van der Waals surface area contributed by atoms with Crippen LogP contribution >= 0.6 is 0 Å². The number of hydrogen-bond acceptors (Lipinski definition) is 5. The Kier molecular flexibility index (Phi) is 4.03. The summed E-state index contributed by atoms with van der Waals surface area (Å²) >= 11 is 0. The summed E-state index contributed by atoms with van der Waals surface area (Å²) < 4.78 is 6.68. The van der Waals surface area contributed by atoms with E-state index in [1.54, 1.807) is 36.0 Å². The van der Waals surface area contributed by atoms with Crippen molar-refractivity contribution in [2.75, 3.05) is 5.32 Å². The van der Waals surface area contributed by atoms with Crippen LogP contribution in [0.15, 0.2) is 71.4 Å². The van der Waals surface area contributed by atoms with Crippen LogP contribution in [0.3, 0.4) is 0 Å². The minimum Gasteiger partial charge on any atom is -0.360 e. The molecule has 0 aliphatic carbocycles. The topological polar surface area (TPSA) is 85.8 Å². The predicted octanol–water partition coefficient (Wildman–Crippen LogP) is 3.48. The molecule has 0 saturated carbocycles. The van der Waals surface area contributed by atoms with Crippen LogP contribution in [0.25, 0.3) is 16.9 Å². The summed E-state index contributed by atoms with van der Waals surface area (Å²) in [6.07, 6.45) is 1.71. The average Bonchev–Trinajstić information content (AvgIpc) is 3.32. The molecule has 2 aromatic carbocycles. The number of carbonyl (C=O) groups is 1. The quantitative estimate of drug-likeness (QED) is 0.612. The van der Waals surface area contributed by atoms with Gasteiger partial charge >= 0.3 is 0 Å². The molecular formula is C19H15N5O2. The number of anilines is 1. The Morgan fingerprint density at radius 1 is 1.08 bits per heavy atom. The van der Waals surface area contributed by atoms with Crippen LogP contribution in [0, 0.1) is 6.92 Å². The molecule has 1 N–H and O–H groups in total. The van der Waals surface area contributed by atoms with Gasteiger partial charge in [0.15, 0.2) is 5.82 Å². The van der Waals surface area contributed by atoms with E-state index < -0.39 is 0 Å². The number of aromatic nitrogens is 4. The summed E-state index contributed by atoms with van der Waals surface area (Å²) in [4.78, 5) is 12.3. The minimum absolute atomic E-state index is 0.258. The Labute approximate surface area is 149 Å². The molecule has 7 heteroatoms. The third kappa shape index (κ3) is 3.10. The molecule has 2 aromatic heterocycles. The Bertz CT molecular complexity index is 1040. The Morgan fingerprint density at radius 2 is 1.85 bits per heavy atom. The third-order valence-corrected chi connectivity index (χ3v) is 3.86. The monoisotopic (exact) mass is 345 g/mol. The number of nitrogens with zero attached hydrogens (tertiary/aromatic N) is 4. The van der Waals surface area contributed by atoms with E-state index in [2.05, 4.69) is 20.8 Å². The van der Waals surface area contributed by atoms with Crippen LogP contribution in [-0.2, 0) is 0 Å². The lowest BCUT2D eigenvalue weighted by atomic mass is 10.1. The lowest BCUT2D eigenvalue weighted by Crippen LogP contribution is -2.12. The van der Waals surface area contributed by atoms with Gasteiger partial charge in [-0.15, -0.1) is 5.10 Å². The van der Waals surface area contributed by atoms with Gasteiger partial charge in [-0.1, -0.05) is 40.7 Å². The van der Waals surface area contributed by atoms with Crippen molar-refractivity contribution in [2.24, 2.45) is 0 Å². The molecule has 0 aliphatic heterocycles. The van der Waals surface area contributed by atoms with Gasteiger partial charge in [-0.05, 0) is 31.2 Å². The van der Waals surface area contributed by atoms with Crippen LogP contribution in [0.2, 0.25) is 0 Å². The zero-order valence-corrected chi connectivity index (χ0v) is 14.0. The number of aryl methyl sites for hydroxylation is 1. The van der Waals surface area contributed by atoms with E-state index in [0.717, 1.165) is 16.9 Å². The first-order chi connectivity index (χ1) is 12.7. The highest BCUT2D eigenvalue weighted by molar-refractivity contribution is 6.03. The number of benzene rings is 2. The molecule has 0 saturated heterocycles. The zero-order valence-electron chi connectivity index (χ0n) is 14.0. The van der Waals surface area contributed by atoms with Crippen LogP contribution < -0.4 is 5.32 Å². The number of rotatable bonds is 4. The molecule has 0 spiro atoms. The standard InChI is InChI=1S/C19H15N5O2/c1-13-11-18(22-26-13)21-19(25)15-7-9-16(10-8-15)24-17(12-20-23-24)14-5-3-2-4-6-14/h2-12H,1H3,(H,21,22,25). The Morgan fingerprint density at radius 3 is 2.54 bits per heavy atom. The van der Waals surface area contributed by atoms with Gasteiger partial charge < -0.3 is 9.84 Å². The van der Waals surface area contributed by atoms with E-state index >= 15 is 0 Å². The summed E-state index contributed by atoms with van der Waals surface area (Å²) in [5.41, 5.74) is 3.22. The van der Waals surface area contributed by atoms with Gasteiger partial charge in [0.05, 0.1) is 17.6 Å². The lowest BCUT2D eigenvalue weighted by molar-refractivity contribution is 0.102. The summed E-state index contributed by atoms with van der Waals surface area (Å²) in [6, 6.07) is 18.6. The predicted molar refractivity (Wildman–Crippen MR) is 96.0 cm³/mol. The number of nitrogens with one attached hydrogen (secondary N) is 1. The van der Waals surface area contributed by atoms with Gasteiger partial charge in [-0.2, -0.15) is 0 Å². The van der Waals surface area contributed by atoms with Gasteiger partial charge in [-0.25, -0.2) is 4.68 Å². The molecule has 0 atom stereocenters. The molecule has 4 aromatic rings. The van der Waals surface area contributed by atoms with Crippen molar-refractivity contribution in [3.05, 3.63) is 78.2 Å². The van der Waals surface area contributed by atoms with Crippen molar-refractivity contribution in [3.8, 4) is 16.9 Å². The normalized spacial score (nSPS) is 10.7. The maximum Gasteiger partial charge on any atom is 0.256 e. The fraction of sp³-hybridized carbons (Fsp3) is 0.0526. The van der Waals surface area contributed by atoms with Crippen LogP contribution in [0.5, 0.6) is 0 Å². The fourth-order valence-corrected chi connectivity index (χ4v) is 2.60. The molecule has 0 aliphatic rings. The maximum atomic E-state index is 12.3. The van der Waals surface area contributed by atoms with E-state index in [9.17, 15) is 4.79 Å². The van der Waals surface area contributed by atoms with E-state index in [1.807, 2.05) is 42.5 Å². The highest BCUT2D eigenvalue weighted by Crippen LogP contribution is 2.21. The lowest BCUT2D eigenvalue weighted by Gasteiger charge is -2.07. The molecule has 128 valence electrons. The van der Waals surface area contributed by atoms with Crippen molar-refractivity contribution in [3.63, 3.8) is 0 Å². The molecule has 4 rings (SSSR count). The molecule has 0 bridgehead atoms. The molecule has 0 unspecified atom stereocenters. The number of carbonyl (C=O) groups excluding carboxylic acids is 1. The van der Waals surface area contributed by atoms with Crippen molar-refractivity contribution in [1.29, 1.82) is 0 Å². The molecule has 0 fully saturated rings. The van der Waals surface area contributed by atoms with E-state index in [-0.39, 0.29) is 5.91 Å². The molecule has 26 heavy (non-hydrogen) atoms. The number of hydrogen-bond donors (Lipinski definition) is 1. The van der Waals surface area contributed by atoms with Crippen LogP contribution in [0.4, 0.5) is 5.82 Å². The van der Waals surface area contributed by atoms with Crippen molar-refractivity contribution in [1.82, 2.24) is 20.2 Å². The smallest absolute Gasteiger partial charge is 0.256 e. The first-order valence-corrected chi connectivity index (χ1v) is 8.02. The molecular weight excluding hydrogens is 330 g/mol. The first kappa shape index (κ1) is 15.8. The van der Waals surface area contributed by atoms with Gasteiger partial charge in [0.1, 0.15) is 5.76 Å². The molecule has 1 amide bonds. The molecule has 0 radical (unpaired) electrons. The zero-order chi connectivity index (χ0) is 17.9. The first-order valence-electron chi connectivity index (χ1n) is 8.02. The summed E-state index contributed by atoms with van der Waals surface area (Å²) in [7, 11) is 0. The van der Waals surface area contributed by atoms with Crippen molar-refractivity contribution in [2.45, 2.75) is 6.92 Å². The fourth-order valence-electron chi connectivity index (χ4n) is 2.60. The molecule has 7 nitrogen and oxygen atoms in total. The number of amides is 1. The van der Waals surface area contributed by atoms with Gasteiger partial charge in [0.25, 0.3) is 5.91 Å². The van der Waals surface area contributed by atoms with E-state index in [0.29, 0.717) is 17.1 Å². The minimum atomic E-state index is -0.258. The Hall–Kier alpha value is -3.74. The summed E-state index contributed by atoms with van der Waals surface area (Å²) in [5.74, 6) is 0.765. The third-order valence-electron chi connectivity index (χ3n) is 3.86. The van der Waals surface area contributed by atoms with Crippen LogP contribution in [-0.4, -0.2) is 26.1 Å². The summed E-state index contributed by atoms with van der Waals surface area (Å²) in [6.45, 7) is 1.76. The van der Waals surface area contributed by atoms with Gasteiger partial charge in [0, 0.05) is 17.2 Å². The highest BCUT2D eigenvalue weighted by atomic mass is 16.5. The average molecular weight is 345 g/mol. The second-order valence-electron chi connectivity index (χ2n) is 5.72. The maximum absolute atomic E-state index is 12.3. The molecule has 2 heterocycles. The highest BCUT2D eigenvalue weighted by Gasteiger charge is 2.11. The van der Waals surface area contributed by atoms with Crippen molar-refractivity contribution < 1.29 is 9.32 Å². The van der Waals surface area contributed by atoms with Gasteiger partial charge in [-0.3, -0.25) is 4.79 Å². The largest absolute Gasteiger partial charge is 0.360 e. The second-order valence-corrected chi connectivity index (χ2v) is 5.72. The van der Waals surface area contributed by atoms with E-state index in [1.165, 1.54) is 0 Å². The summed E-state index contributed by atoms with van der Waals surface area (Å²) in [5, 5.41) is 14.6. The van der Waals surface area contributed by atoms with Crippen molar-refractivity contribution >= 4 is 11.7 Å². The van der Waals surface area contributed by atoms with Gasteiger partial charge in [0.2, 0.25) is 0 Å².